The number of hydrogen-bond donors (Lipinski definition) is 0. The minimum atomic E-state index is -3.49. The van der Waals surface area contributed by atoms with Gasteiger partial charge in [0.15, 0.2) is 0 Å². The first-order valence-corrected chi connectivity index (χ1v) is 6.78. The molecule has 0 radical (unpaired) electrons. The number of benzene rings is 1. The second-order valence-electron chi connectivity index (χ2n) is 3.21. The summed E-state index contributed by atoms with van der Waals surface area (Å²) < 4.78 is 21.8. The molecule has 0 saturated heterocycles. The van der Waals surface area contributed by atoms with Crippen LogP contribution >= 0.6 is 10.7 Å². The maximum Gasteiger partial charge on any atom is 0.236 e. The smallest absolute Gasteiger partial charge is 0.236 e. The molecule has 0 amide bonds. The van der Waals surface area contributed by atoms with Gasteiger partial charge in [-0.25, -0.2) is 8.42 Å². The molecule has 0 N–H and O–H groups in total. The van der Waals surface area contributed by atoms with Crippen LogP contribution in [-0.4, -0.2) is 13.4 Å². The number of halogens is 1. The normalized spacial score (nSPS) is 11.8. The number of fused-ring (bicyclic) bond motifs is 1. The van der Waals surface area contributed by atoms with Gasteiger partial charge in [-0.05, 0) is 23.8 Å². The molecule has 0 atom stereocenters. The van der Waals surface area contributed by atoms with E-state index in [4.69, 9.17) is 10.7 Å². The lowest BCUT2D eigenvalue weighted by Crippen LogP contribution is -1.94. The van der Waals surface area contributed by atoms with Gasteiger partial charge in [0.2, 0.25) is 9.05 Å². The molecular formula is C10H8ClNO2S. The van der Waals surface area contributed by atoms with Gasteiger partial charge < -0.3 is 0 Å². The summed E-state index contributed by atoms with van der Waals surface area (Å²) >= 11 is 0. The Balaban J connectivity index is 2.48. The zero-order valence-corrected chi connectivity index (χ0v) is 9.29. The summed E-state index contributed by atoms with van der Waals surface area (Å²) in [6.45, 7) is 0. The highest BCUT2D eigenvalue weighted by atomic mass is 35.7. The molecule has 0 saturated carbocycles. The minimum absolute atomic E-state index is 0.153. The van der Waals surface area contributed by atoms with E-state index >= 15 is 0 Å². The average Bonchev–Trinajstić information content (AvgIpc) is 2.15. The quantitative estimate of drug-likeness (QED) is 0.758. The second-order valence-corrected chi connectivity index (χ2v) is 5.99. The van der Waals surface area contributed by atoms with Crippen LogP contribution in [-0.2, 0) is 14.8 Å². The van der Waals surface area contributed by atoms with Crippen molar-refractivity contribution in [1.82, 2.24) is 4.98 Å². The van der Waals surface area contributed by atoms with Gasteiger partial charge in [0.05, 0.1) is 11.3 Å². The molecular weight excluding hydrogens is 234 g/mol. The number of nitrogens with zero attached hydrogens (tertiary/aromatic N) is 1. The van der Waals surface area contributed by atoms with Gasteiger partial charge in [0, 0.05) is 22.3 Å². The molecule has 2 aromatic rings. The van der Waals surface area contributed by atoms with Crippen LogP contribution in [0.1, 0.15) is 5.56 Å². The van der Waals surface area contributed by atoms with Crippen LogP contribution < -0.4 is 0 Å². The van der Waals surface area contributed by atoms with Gasteiger partial charge in [-0.2, -0.15) is 0 Å². The number of pyridine rings is 1. The molecule has 3 nitrogen and oxygen atoms in total. The summed E-state index contributed by atoms with van der Waals surface area (Å²) in [6, 6.07) is 8.97. The van der Waals surface area contributed by atoms with E-state index in [0.717, 1.165) is 10.9 Å². The Hall–Kier alpha value is -1.13. The highest BCUT2D eigenvalue weighted by Gasteiger charge is 2.07. The van der Waals surface area contributed by atoms with Gasteiger partial charge in [-0.15, -0.1) is 0 Å². The average molecular weight is 242 g/mol. The molecule has 1 aromatic carbocycles. The lowest BCUT2D eigenvalue weighted by molar-refractivity contribution is 0.609. The van der Waals surface area contributed by atoms with Gasteiger partial charge in [-0.1, -0.05) is 12.1 Å². The van der Waals surface area contributed by atoms with Crippen LogP contribution in [0.5, 0.6) is 0 Å². The third kappa shape index (κ3) is 2.67. The zero-order valence-electron chi connectivity index (χ0n) is 7.72. The number of rotatable bonds is 2. The first-order chi connectivity index (χ1) is 7.04. The molecule has 2 rings (SSSR count). The van der Waals surface area contributed by atoms with E-state index in [9.17, 15) is 8.42 Å². The Morgan fingerprint density at radius 1 is 1.27 bits per heavy atom. The molecule has 78 valence electrons. The van der Waals surface area contributed by atoms with Crippen molar-refractivity contribution >= 4 is 30.6 Å². The molecule has 0 unspecified atom stereocenters. The van der Waals surface area contributed by atoms with E-state index in [-0.39, 0.29) is 5.75 Å². The fourth-order valence-corrected chi connectivity index (χ4v) is 2.37. The maximum absolute atomic E-state index is 10.9. The van der Waals surface area contributed by atoms with Crippen LogP contribution in [0.15, 0.2) is 36.5 Å². The Morgan fingerprint density at radius 3 is 2.80 bits per heavy atom. The molecule has 1 heterocycles. The summed E-state index contributed by atoms with van der Waals surface area (Å²) in [6.07, 6.45) is 1.69. The lowest BCUT2D eigenvalue weighted by Gasteiger charge is -2.00. The standard InChI is InChI=1S/C10H8ClNO2S/c11-15(13,14)7-8-3-4-10-9(6-8)2-1-5-12-10/h1-6H,7H2. The SMILES string of the molecule is O=S(=O)(Cl)Cc1ccc2ncccc2c1. The van der Waals surface area contributed by atoms with E-state index < -0.39 is 9.05 Å². The second kappa shape index (κ2) is 3.79. The van der Waals surface area contributed by atoms with Crippen molar-refractivity contribution in [3.8, 4) is 0 Å². The topological polar surface area (TPSA) is 47.0 Å². The minimum Gasteiger partial charge on any atom is -0.256 e. The van der Waals surface area contributed by atoms with Crippen molar-refractivity contribution in [3.63, 3.8) is 0 Å². The maximum atomic E-state index is 10.9. The van der Waals surface area contributed by atoms with Crippen LogP contribution in [0.3, 0.4) is 0 Å². The predicted molar refractivity (Wildman–Crippen MR) is 60.2 cm³/mol. The highest BCUT2D eigenvalue weighted by molar-refractivity contribution is 8.13. The molecule has 0 spiro atoms. The van der Waals surface area contributed by atoms with Crippen LogP contribution in [0.4, 0.5) is 0 Å². The molecule has 0 aliphatic heterocycles. The van der Waals surface area contributed by atoms with Crippen molar-refractivity contribution in [2.24, 2.45) is 0 Å². The zero-order chi connectivity index (χ0) is 10.9. The van der Waals surface area contributed by atoms with Gasteiger partial charge in [0.1, 0.15) is 0 Å². The van der Waals surface area contributed by atoms with Crippen molar-refractivity contribution in [2.75, 3.05) is 0 Å². The van der Waals surface area contributed by atoms with E-state index in [0.29, 0.717) is 5.56 Å². The third-order valence-electron chi connectivity index (χ3n) is 2.01. The summed E-state index contributed by atoms with van der Waals surface area (Å²) in [5.41, 5.74) is 1.51. The van der Waals surface area contributed by atoms with Crippen molar-refractivity contribution in [3.05, 3.63) is 42.1 Å². The molecule has 1 aromatic heterocycles. The molecule has 0 aliphatic carbocycles. The van der Waals surface area contributed by atoms with Crippen LogP contribution in [0.25, 0.3) is 10.9 Å². The lowest BCUT2D eigenvalue weighted by atomic mass is 10.1. The van der Waals surface area contributed by atoms with Crippen LogP contribution in [0.2, 0.25) is 0 Å². The Kier molecular flexibility index (Phi) is 2.63. The molecule has 0 fully saturated rings. The first-order valence-electron chi connectivity index (χ1n) is 4.31. The summed E-state index contributed by atoms with van der Waals surface area (Å²) in [5.74, 6) is -0.153. The Morgan fingerprint density at radius 2 is 2.07 bits per heavy atom. The Labute approximate surface area is 92.1 Å². The predicted octanol–water partition coefficient (Wildman–Crippen LogP) is 2.30. The fraction of sp³-hybridized carbons (Fsp3) is 0.100. The summed E-state index contributed by atoms with van der Waals surface area (Å²) in [7, 11) is 1.68. The number of aromatic nitrogens is 1. The van der Waals surface area contributed by atoms with E-state index in [1.807, 2.05) is 6.07 Å². The van der Waals surface area contributed by atoms with E-state index in [2.05, 4.69) is 4.98 Å². The van der Waals surface area contributed by atoms with Crippen molar-refractivity contribution in [1.29, 1.82) is 0 Å². The van der Waals surface area contributed by atoms with E-state index in [1.165, 1.54) is 0 Å². The Bertz CT molecular complexity index is 595. The van der Waals surface area contributed by atoms with Crippen molar-refractivity contribution in [2.45, 2.75) is 5.75 Å². The monoisotopic (exact) mass is 241 g/mol. The molecule has 0 aliphatic rings. The summed E-state index contributed by atoms with van der Waals surface area (Å²) in [4.78, 5) is 4.14. The number of hydrogen-bond acceptors (Lipinski definition) is 3. The van der Waals surface area contributed by atoms with Crippen LogP contribution in [0, 0.1) is 0 Å². The summed E-state index contributed by atoms with van der Waals surface area (Å²) in [5, 5.41) is 0.912. The highest BCUT2D eigenvalue weighted by Crippen LogP contribution is 2.16. The van der Waals surface area contributed by atoms with Gasteiger partial charge >= 0.3 is 0 Å². The fourth-order valence-electron chi connectivity index (χ4n) is 1.41. The van der Waals surface area contributed by atoms with Gasteiger partial charge in [-0.3, -0.25) is 4.98 Å². The largest absolute Gasteiger partial charge is 0.256 e. The molecule has 0 bridgehead atoms. The van der Waals surface area contributed by atoms with Gasteiger partial charge in [0.25, 0.3) is 0 Å². The first kappa shape index (κ1) is 10.4. The van der Waals surface area contributed by atoms with E-state index in [1.54, 1.807) is 30.5 Å². The molecule has 5 heteroatoms. The third-order valence-corrected chi connectivity index (χ3v) is 3.01. The molecule has 15 heavy (non-hydrogen) atoms. The van der Waals surface area contributed by atoms with Crippen molar-refractivity contribution < 1.29 is 8.42 Å².